The molecule has 1 heterocycles. The van der Waals surface area contributed by atoms with E-state index in [-0.39, 0.29) is 5.82 Å². The first-order chi connectivity index (χ1) is 12.5. The first-order valence-electron chi connectivity index (χ1n) is 8.49. The SMILES string of the molecule is O=C(Nc1c(F)cccc1F)N1CCN(CCc2ccc(F)cc2)CC1. The fourth-order valence-electron chi connectivity index (χ4n) is 2.92. The lowest BCUT2D eigenvalue weighted by atomic mass is 10.1. The Balaban J connectivity index is 1.47. The summed E-state index contributed by atoms with van der Waals surface area (Å²) in [5, 5.41) is 2.31. The summed E-state index contributed by atoms with van der Waals surface area (Å²) < 4.78 is 40.1. The van der Waals surface area contributed by atoms with Crippen LogP contribution >= 0.6 is 0 Å². The van der Waals surface area contributed by atoms with Gasteiger partial charge >= 0.3 is 6.03 Å². The highest BCUT2D eigenvalue weighted by atomic mass is 19.1. The molecular formula is C19H20F3N3O. The van der Waals surface area contributed by atoms with Crippen molar-refractivity contribution in [2.24, 2.45) is 0 Å². The molecule has 0 radical (unpaired) electrons. The Morgan fingerprint density at radius 2 is 1.54 bits per heavy atom. The number of piperazine rings is 1. The summed E-state index contributed by atoms with van der Waals surface area (Å²) in [6.45, 7) is 3.11. The van der Waals surface area contributed by atoms with E-state index in [1.165, 1.54) is 18.2 Å². The van der Waals surface area contributed by atoms with Crippen molar-refractivity contribution in [3.8, 4) is 0 Å². The topological polar surface area (TPSA) is 35.6 Å². The molecule has 2 aromatic rings. The largest absolute Gasteiger partial charge is 0.322 e. The molecule has 0 atom stereocenters. The Morgan fingerprint density at radius 1 is 0.923 bits per heavy atom. The standard InChI is InChI=1S/C19H20F3N3O/c20-15-6-4-14(5-7-15)8-9-24-10-12-25(13-11-24)19(26)23-18-16(21)2-1-3-17(18)22/h1-7H,8-13H2,(H,23,26). The van der Waals surface area contributed by atoms with Crippen LogP contribution in [0.5, 0.6) is 0 Å². The van der Waals surface area contributed by atoms with Gasteiger partial charge in [-0.25, -0.2) is 18.0 Å². The number of benzene rings is 2. The van der Waals surface area contributed by atoms with E-state index >= 15 is 0 Å². The number of carbonyl (C=O) groups excluding carboxylic acids is 1. The second kappa shape index (κ2) is 8.23. The maximum absolute atomic E-state index is 13.6. The van der Waals surface area contributed by atoms with Crippen molar-refractivity contribution < 1.29 is 18.0 Å². The van der Waals surface area contributed by atoms with Crippen molar-refractivity contribution >= 4 is 11.7 Å². The van der Waals surface area contributed by atoms with Crippen LogP contribution < -0.4 is 5.32 Å². The molecule has 3 rings (SSSR count). The first kappa shape index (κ1) is 18.3. The number of halogens is 3. The van der Waals surface area contributed by atoms with Crippen LogP contribution in [0.25, 0.3) is 0 Å². The second-order valence-corrected chi connectivity index (χ2v) is 6.23. The maximum atomic E-state index is 13.6. The molecule has 26 heavy (non-hydrogen) atoms. The highest BCUT2D eigenvalue weighted by Crippen LogP contribution is 2.19. The number of para-hydroxylation sites is 1. The van der Waals surface area contributed by atoms with E-state index < -0.39 is 23.4 Å². The average Bonchev–Trinajstić information content (AvgIpc) is 2.65. The van der Waals surface area contributed by atoms with Crippen LogP contribution in [0.15, 0.2) is 42.5 Å². The molecule has 7 heteroatoms. The van der Waals surface area contributed by atoms with Crippen molar-refractivity contribution in [1.82, 2.24) is 9.80 Å². The van der Waals surface area contributed by atoms with Crippen LogP contribution in [-0.2, 0) is 6.42 Å². The van der Waals surface area contributed by atoms with Gasteiger partial charge in [-0.1, -0.05) is 18.2 Å². The second-order valence-electron chi connectivity index (χ2n) is 6.23. The van der Waals surface area contributed by atoms with Crippen molar-refractivity contribution in [3.05, 3.63) is 65.5 Å². The van der Waals surface area contributed by atoms with Crippen LogP contribution in [-0.4, -0.2) is 48.6 Å². The molecule has 0 spiro atoms. The Morgan fingerprint density at radius 3 is 2.15 bits per heavy atom. The number of urea groups is 1. The highest BCUT2D eigenvalue weighted by molar-refractivity contribution is 5.89. The van der Waals surface area contributed by atoms with Gasteiger partial charge in [-0.05, 0) is 36.2 Å². The monoisotopic (exact) mass is 363 g/mol. The molecule has 0 unspecified atom stereocenters. The molecule has 2 amide bonds. The van der Waals surface area contributed by atoms with Crippen molar-refractivity contribution in [2.45, 2.75) is 6.42 Å². The molecule has 2 aromatic carbocycles. The molecule has 0 aromatic heterocycles. The van der Waals surface area contributed by atoms with Crippen molar-refractivity contribution in [3.63, 3.8) is 0 Å². The van der Waals surface area contributed by atoms with Gasteiger partial charge in [0.1, 0.15) is 23.1 Å². The fourth-order valence-corrected chi connectivity index (χ4v) is 2.92. The number of carbonyl (C=O) groups is 1. The maximum Gasteiger partial charge on any atom is 0.322 e. The van der Waals surface area contributed by atoms with E-state index in [1.54, 1.807) is 17.0 Å². The summed E-state index contributed by atoms with van der Waals surface area (Å²) in [6.07, 6.45) is 0.799. The van der Waals surface area contributed by atoms with Gasteiger partial charge in [0.25, 0.3) is 0 Å². The summed E-state index contributed by atoms with van der Waals surface area (Å²) >= 11 is 0. The molecule has 0 bridgehead atoms. The summed E-state index contributed by atoms with van der Waals surface area (Å²) in [5.41, 5.74) is 0.637. The predicted octanol–water partition coefficient (Wildman–Crippen LogP) is 3.50. The lowest BCUT2D eigenvalue weighted by Crippen LogP contribution is -2.50. The summed E-state index contributed by atoms with van der Waals surface area (Å²) in [5.74, 6) is -1.84. The molecule has 1 saturated heterocycles. The third-order valence-electron chi connectivity index (χ3n) is 4.48. The Kier molecular flexibility index (Phi) is 5.78. The number of hydrogen-bond acceptors (Lipinski definition) is 2. The van der Waals surface area contributed by atoms with Gasteiger partial charge in [0, 0.05) is 32.7 Å². The minimum absolute atomic E-state index is 0.250. The van der Waals surface area contributed by atoms with Gasteiger partial charge in [-0.15, -0.1) is 0 Å². The van der Waals surface area contributed by atoms with Gasteiger partial charge in [0.05, 0.1) is 0 Å². The highest BCUT2D eigenvalue weighted by Gasteiger charge is 2.22. The fraction of sp³-hybridized carbons (Fsp3) is 0.316. The van der Waals surface area contributed by atoms with Gasteiger partial charge < -0.3 is 10.2 Å². The zero-order valence-electron chi connectivity index (χ0n) is 14.2. The zero-order valence-corrected chi connectivity index (χ0v) is 14.2. The van der Waals surface area contributed by atoms with Crippen LogP contribution in [0.2, 0.25) is 0 Å². The molecule has 0 saturated carbocycles. The molecule has 0 aliphatic carbocycles. The molecule has 138 valence electrons. The van der Waals surface area contributed by atoms with Crippen LogP contribution in [0.3, 0.4) is 0 Å². The van der Waals surface area contributed by atoms with E-state index in [0.29, 0.717) is 26.2 Å². The number of nitrogens with zero attached hydrogens (tertiary/aromatic N) is 2. The predicted molar refractivity (Wildman–Crippen MR) is 93.5 cm³/mol. The summed E-state index contributed by atoms with van der Waals surface area (Å²) in [6, 6.07) is 9.37. The molecule has 1 aliphatic rings. The van der Waals surface area contributed by atoms with Gasteiger partial charge in [-0.2, -0.15) is 0 Å². The quantitative estimate of drug-likeness (QED) is 0.903. The lowest BCUT2D eigenvalue weighted by Gasteiger charge is -2.34. The zero-order chi connectivity index (χ0) is 18.5. The van der Waals surface area contributed by atoms with E-state index in [2.05, 4.69) is 10.2 Å². The van der Waals surface area contributed by atoms with E-state index in [1.807, 2.05) is 0 Å². The number of hydrogen-bond donors (Lipinski definition) is 1. The first-order valence-corrected chi connectivity index (χ1v) is 8.49. The summed E-state index contributed by atoms with van der Waals surface area (Å²) in [7, 11) is 0. The number of amides is 2. The van der Waals surface area contributed by atoms with Gasteiger partial charge in [0.2, 0.25) is 0 Å². The lowest BCUT2D eigenvalue weighted by molar-refractivity contribution is 0.148. The average molecular weight is 363 g/mol. The number of rotatable bonds is 4. The van der Waals surface area contributed by atoms with Crippen LogP contribution in [0, 0.1) is 17.5 Å². The molecule has 4 nitrogen and oxygen atoms in total. The van der Waals surface area contributed by atoms with E-state index in [4.69, 9.17) is 0 Å². The summed E-state index contributed by atoms with van der Waals surface area (Å²) in [4.78, 5) is 16.0. The minimum Gasteiger partial charge on any atom is -0.322 e. The van der Waals surface area contributed by atoms with E-state index in [9.17, 15) is 18.0 Å². The molecule has 1 N–H and O–H groups in total. The van der Waals surface area contributed by atoms with Gasteiger partial charge in [-0.3, -0.25) is 4.90 Å². The molecular weight excluding hydrogens is 343 g/mol. The molecule has 1 aliphatic heterocycles. The van der Waals surface area contributed by atoms with E-state index in [0.717, 1.165) is 30.7 Å². The minimum atomic E-state index is -0.795. The van der Waals surface area contributed by atoms with Crippen molar-refractivity contribution in [2.75, 3.05) is 38.0 Å². The van der Waals surface area contributed by atoms with Gasteiger partial charge in [0.15, 0.2) is 0 Å². The van der Waals surface area contributed by atoms with Crippen LogP contribution in [0.1, 0.15) is 5.56 Å². The Bertz CT molecular complexity index is 739. The number of nitrogens with one attached hydrogen (secondary N) is 1. The third-order valence-corrected chi connectivity index (χ3v) is 4.48. The smallest absolute Gasteiger partial charge is 0.322 e. The van der Waals surface area contributed by atoms with Crippen LogP contribution in [0.4, 0.5) is 23.7 Å². The Hall–Kier alpha value is -2.54. The number of anilines is 1. The van der Waals surface area contributed by atoms with Crippen molar-refractivity contribution in [1.29, 1.82) is 0 Å². The Labute approximate surface area is 150 Å². The third kappa shape index (κ3) is 4.54. The molecule has 1 fully saturated rings. The normalized spacial score (nSPS) is 15.1.